The monoisotopic (exact) mass is 312 g/mol. The van der Waals surface area contributed by atoms with Gasteiger partial charge in [0.05, 0.1) is 12.7 Å². The molecular formula is C19H20O4. The zero-order valence-electron chi connectivity index (χ0n) is 13.8. The lowest BCUT2D eigenvalue weighted by atomic mass is 10.0. The van der Waals surface area contributed by atoms with Gasteiger partial charge in [-0.25, -0.2) is 4.79 Å². The van der Waals surface area contributed by atoms with Crippen molar-refractivity contribution in [3.8, 4) is 16.9 Å². The minimum Gasteiger partial charge on any atom is -0.497 e. The third-order valence-electron chi connectivity index (χ3n) is 3.13. The molecule has 0 fully saturated rings. The fraction of sp³-hybridized carbons (Fsp3) is 0.263. The van der Waals surface area contributed by atoms with Gasteiger partial charge in [0.1, 0.15) is 17.6 Å². The van der Waals surface area contributed by atoms with Gasteiger partial charge in [-0.15, -0.1) is 0 Å². The van der Waals surface area contributed by atoms with Gasteiger partial charge in [0, 0.05) is 5.56 Å². The van der Waals surface area contributed by atoms with E-state index in [1.807, 2.05) is 32.9 Å². The summed E-state index contributed by atoms with van der Waals surface area (Å²) in [5, 5.41) is 0. The average Bonchev–Trinajstić information content (AvgIpc) is 2.52. The Kier molecular flexibility index (Phi) is 4.84. The topological polar surface area (TPSA) is 52.6 Å². The molecule has 0 N–H and O–H groups in total. The van der Waals surface area contributed by atoms with Crippen LogP contribution in [0.25, 0.3) is 11.1 Å². The van der Waals surface area contributed by atoms with Crippen LogP contribution in [-0.4, -0.2) is 25.0 Å². The summed E-state index contributed by atoms with van der Waals surface area (Å²) in [5.41, 5.74) is 2.03. The Morgan fingerprint density at radius 2 is 1.78 bits per heavy atom. The molecule has 2 aromatic carbocycles. The molecule has 0 aliphatic rings. The Hall–Kier alpha value is -2.62. The maximum atomic E-state index is 12.3. The third-order valence-corrected chi connectivity index (χ3v) is 3.13. The van der Waals surface area contributed by atoms with E-state index in [2.05, 4.69) is 0 Å². The zero-order chi connectivity index (χ0) is 17.0. The molecule has 0 heterocycles. The predicted molar refractivity (Wildman–Crippen MR) is 89.0 cm³/mol. The largest absolute Gasteiger partial charge is 0.497 e. The fourth-order valence-electron chi connectivity index (χ4n) is 2.13. The lowest BCUT2D eigenvalue weighted by molar-refractivity contribution is 0.00691. The molecule has 4 nitrogen and oxygen atoms in total. The molecule has 0 aliphatic heterocycles. The first-order chi connectivity index (χ1) is 10.8. The molecule has 120 valence electrons. The number of aldehydes is 1. The van der Waals surface area contributed by atoms with Crippen LogP contribution in [0.2, 0.25) is 0 Å². The molecular weight excluding hydrogens is 292 g/mol. The molecule has 2 aromatic rings. The van der Waals surface area contributed by atoms with Gasteiger partial charge in [0.25, 0.3) is 0 Å². The van der Waals surface area contributed by atoms with Gasteiger partial charge >= 0.3 is 5.97 Å². The summed E-state index contributed by atoms with van der Waals surface area (Å²) in [6.07, 6.45) is 0.790. The van der Waals surface area contributed by atoms with Crippen LogP contribution < -0.4 is 4.74 Å². The summed E-state index contributed by atoms with van der Waals surface area (Å²) in [5.74, 6) is 0.143. The highest BCUT2D eigenvalue weighted by molar-refractivity contribution is 5.92. The van der Waals surface area contributed by atoms with Crippen molar-refractivity contribution in [1.29, 1.82) is 0 Å². The molecule has 0 saturated heterocycles. The molecule has 0 bridgehead atoms. The predicted octanol–water partition coefficient (Wildman–Crippen LogP) is 4.13. The fourth-order valence-corrected chi connectivity index (χ4v) is 2.13. The normalized spacial score (nSPS) is 11.0. The molecule has 2 rings (SSSR count). The van der Waals surface area contributed by atoms with Gasteiger partial charge in [-0.1, -0.05) is 18.2 Å². The molecule has 0 spiro atoms. The SMILES string of the molecule is COc1cc(C(=O)OC(C)(C)C)cc(-c2cccc(C=O)c2)c1. The zero-order valence-corrected chi connectivity index (χ0v) is 13.8. The van der Waals surface area contributed by atoms with Crippen LogP contribution in [0, 0.1) is 0 Å². The Bertz CT molecular complexity index is 726. The summed E-state index contributed by atoms with van der Waals surface area (Å²) >= 11 is 0. The highest BCUT2D eigenvalue weighted by Gasteiger charge is 2.19. The molecule has 0 aromatic heterocycles. The van der Waals surface area contributed by atoms with Crippen LogP contribution in [0.15, 0.2) is 42.5 Å². The molecule has 23 heavy (non-hydrogen) atoms. The van der Waals surface area contributed by atoms with Crippen LogP contribution in [0.3, 0.4) is 0 Å². The minimum atomic E-state index is -0.572. The number of rotatable bonds is 4. The molecule has 0 atom stereocenters. The summed E-state index contributed by atoms with van der Waals surface area (Å²) in [6, 6.07) is 12.4. The number of carbonyl (C=O) groups is 2. The van der Waals surface area contributed by atoms with E-state index in [4.69, 9.17) is 9.47 Å². The first-order valence-electron chi connectivity index (χ1n) is 7.30. The minimum absolute atomic E-state index is 0.408. The Morgan fingerprint density at radius 1 is 1.04 bits per heavy atom. The van der Waals surface area contributed by atoms with Gasteiger partial charge in [-0.05, 0) is 56.2 Å². The molecule has 0 aliphatic carbocycles. The van der Waals surface area contributed by atoms with Crippen molar-refractivity contribution >= 4 is 12.3 Å². The van der Waals surface area contributed by atoms with Gasteiger partial charge in [-0.2, -0.15) is 0 Å². The van der Waals surface area contributed by atoms with E-state index >= 15 is 0 Å². The van der Waals surface area contributed by atoms with Crippen molar-refractivity contribution in [1.82, 2.24) is 0 Å². The van der Waals surface area contributed by atoms with Gasteiger partial charge in [0.15, 0.2) is 0 Å². The quantitative estimate of drug-likeness (QED) is 0.629. The van der Waals surface area contributed by atoms with E-state index in [1.54, 1.807) is 37.4 Å². The van der Waals surface area contributed by atoms with Crippen LogP contribution in [0.1, 0.15) is 41.5 Å². The van der Waals surface area contributed by atoms with Crippen LogP contribution in [0.4, 0.5) is 0 Å². The number of methoxy groups -OCH3 is 1. The van der Waals surface area contributed by atoms with Crippen molar-refractivity contribution in [2.24, 2.45) is 0 Å². The van der Waals surface area contributed by atoms with E-state index in [-0.39, 0.29) is 0 Å². The molecule has 0 saturated carbocycles. The molecule has 0 radical (unpaired) electrons. The van der Waals surface area contributed by atoms with E-state index in [0.29, 0.717) is 16.9 Å². The van der Waals surface area contributed by atoms with Crippen LogP contribution in [0.5, 0.6) is 5.75 Å². The maximum Gasteiger partial charge on any atom is 0.338 e. The lowest BCUT2D eigenvalue weighted by Gasteiger charge is -2.20. The second kappa shape index (κ2) is 6.65. The average molecular weight is 312 g/mol. The highest BCUT2D eigenvalue weighted by Crippen LogP contribution is 2.27. The van der Waals surface area contributed by atoms with Crippen molar-refractivity contribution in [2.75, 3.05) is 7.11 Å². The first kappa shape index (κ1) is 16.7. The van der Waals surface area contributed by atoms with Crippen LogP contribution in [-0.2, 0) is 4.74 Å². The number of hydrogen-bond acceptors (Lipinski definition) is 4. The van der Waals surface area contributed by atoms with E-state index in [1.165, 1.54) is 0 Å². The molecule has 4 heteroatoms. The lowest BCUT2D eigenvalue weighted by Crippen LogP contribution is -2.23. The Balaban J connectivity index is 2.46. The summed E-state index contributed by atoms with van der Waals surface area (Å²) in [6.45, 7) is 5.46. The summed E-state index contributed by atoms with van der Waals surface area (Å²) in [4.78, 5) is 23.2. The van der Waals surface area contributed by atoms with E-state index < -0.39 is 11.6 Å². The summed E-state index contributed by atoms with van der Waals surface area (Å²) < 4.78 is 10.7. The highest BCUT2D eigenvalue weighted by atomic mass is 16.6. The first-order valence-corrected chi connectivity index (χ1v) is 7.30. The van der Waals surface area contributed by atoms with Crippen molar-refractivity contribution in [2.45, 2.75) is 26.4 Å². The number of ether oxygens (including phenoxy) is 2. The summed E-state index contributed by atoms with van der Waals surface area (Å²) in [7, 11) is 1.54. The van der Waals surface area contributed by atoms with Crippen molar-refractivity contribution < 1.29 is 19.1 Å². The maximum absolute atomic E-state index is 12.3. The third kappa shape index (κ3) is 4.42. The number of benzene rings is 2. The smallest absolute Gasteiger partial charge is 0.338 e. The van der Waals surface area contributed by atoms with Gasteiger partial charge in [0.2, 0.25) is 0 Å². The van der Waals surface area contributed by atoms with E-state index in [0.717, 1.165) is 17.4 Å². The molecule has 0 unspecified atom stereocenters. The van der Waals surface area contributed by atoms with Crippen LogP contribution >= 0.6 is 0 Å². The number of hydrogen-bond donors (Lipinski definition) is 0. The second-order valence-corrected chi connectivity index (χ2v) is 6.20. The van der Waals surface area contributed by atoms with E-state index in [9.17, 15) is 9.59 Å². The van der Waals surface area contributed by atoms with Crippen molar-refractivity contribution in [3.05, 3.63) is 53.6 Å². The second-order valence-electron chi connectivity index (χ2n) is 6.20. The number of carbonyl (C=O) groups excluding carboxylic acids is 2. The molecule has 0 amide bonds. The Labute approximate surface area is 136 Å². The number of esters is 1. The standard InChI is InChI=1S/C19H20O4/c1-19(2,3)23-18(21)16-9-15(10-17(11-16)22-4)14-7-5-6-13(8-14)12-20/h5-12H,1-4H3. The van der Waals surface area contributed by atoms with Gasteiger partial charge < -0.3 is 9.47 Å². The Morgan fingerprint density at radius 3 is 2.39 bits per heavy atom. The van der Waals surface area contributed by atoms with Crippen molar-refractivity contribution in [3.63, 3.8) is 0 Å². The van der Waals surface area contributed by atoms with Gasteiger partial charge in [-0.3, -0.25) is 4.79 Å².